The lowest BCUT2D eigenvalue weighted by Gasteiger charge is -2.17. The van der Waals surface area contributed by atoms with Crippen molar-refractivity contribution in [3.8, 4) is 0 Å². The van der Waals surface area contributed by atoms with Gasteiger partial charge in [-0.15, -0.1) is 0 Å². The van der Waals surface area contributed by atoms with Crippen molar-refractivity contribution in [3.63, 3.8) is 0 Å². The fourth-order valence-electron chi connectivity index (χ4n) is 0.845. The van der Waals surface area contributed by atoms with Gasteiger partial charge in [-0.2, -0.15) is 0 Å². The van der Waals surface area contributed by atoms with Gasteiger partial charge in [-0.25, -0.2) is 0 Å². The third-order valence-corrected chi connectivity index (χ3v) is 2.04. The number of hydrogen-bond acceptors (Lipinski definition) is 2. The summed E-state index contributed by atoms with van der Waals surface area (Å²) in [7, 11) is 0. The van der Waals surface area contributed by atoms with Crippen LogP contribution in [0, 0.1) is 11.8 Å². The number of hydrogen-bond donors (Lipinski definition) is 1. The van der Waals surface area contributed by atoms with Crippen LogP contribution in [0.15, 0.2) is 0 Å². The molecule has 0 bridgehead atoms. The van der Waals surface area contributed by atoms with Crippen LogP contribution in [0.5, 0.6) is 0 Å². The molecule has 0 rings (SSSR count). The summed E-state index contributed by atoms with van der Waals surface area (Å²) < 4.78 is 0. The monoisotopic (exact) mass is 158 g/mol. The van der Waals surface area contributed by atoms with Crippen molar-refractivity contribution in [1.29, 1.82) is 0 Å². The number of aliphatic hydroxyl groups is 1. The van der Waals surface area contributed by atoms with Crippen LogP contribution in [0.4, 0.5) is 0 Å². The average molecular weight is 158 g/mol. The Morgan fingerprint density at radius 1 is 1.36 bits per heavy atom. The molecule has 0 fully saturated rings. The summed E-state index contributed by atoms with van der Waals surface area (Å²) in [6.07, 6.45) is 0.0830. The minimum absolute atomic E-state index is 0.0423. The van der Waals surface area contributed by atoms with Crippen LogP contribution < -0.4 is 0 Å². The Balaban J connectivity index is 4.02. The predicted octanol–water partition coefficient (Wildman–Crippen LogP) is 1.62. The smallest absolute Gasteiger partial charge is 0.164 e. The molecule has 1 N–H and O–H groups in total. The van der Waals surface area contributed by atoms with Gasteiger partial charge < -0.3 is 5.11 Å². The van der Waals surface area contributed by atoms with Crippen molar-refractivity contribution in [2.45, 2.75) is 40.2 Å². The lowest BCUT2D eigenvalue weighted by Crippen LogP contribution is -2.30. The van der Waals surface area contributed by atoms with Crippen molar-refractivity contribution >= 4 is 5.78 Å². The largest absolute Gasteiger partial charge is 0.385 e. The highest BCUT2D eigenvalue weighted by Crippen LogP contribution is 2.11. The van der Waals surface area contributed by atoms with E-state index in [1.54, 1.807) is 0 Å². The molecule has 2 atom stereocenters. The van der Waals surface area contributed by atoms with Gasteiger partial charge in [-0.3, -0.25) is 4.79 Å². The van der Waals surface area contributed by atoms with E-state index in [2.05, 4.69) is 0 Å². The van der Waals surface area contributed by atoms with E-state index in [1.807, 2.05) is 27.7 Å². The molecule has 0 aromatic heterocycles. The van der Waals surface area contributed by atoms with Gasteiger partial charge in [0, 0.05) is 5.92 Å². The quantitative estimate of drug-likeness (QED) is 0.675. The molecule has 0 aliphatic rings. The first-order valence-electron chi connectivity index (χ1n) is 4.22. The molecular weight excluding hydrogens is 140 g/mol. The van der Waals surface area contributed by atoms with Crippen molar-refractivity contribution in [2.24, 2.45) is 11.8 Å². The van der Waals surface area contributed by atoms with Gasteiger partial charge in [0.05, 0.1) is 0 Å². The molecule has 0 aromatic rings. The molecule has 0 aromatic carbocycles. The lowest BCUT2D eigenvalue weighted by atomic mass is 9.93. The fraction of sp³-hybridized carbons (Fsp3) is 0.889. The van der Waals surface area contributed by atoms with Gasteiger partial charge in [0.25, 0.3) is 0 Å². The zero-order valence-corrected chi connectivity index (χ0v) is 7.79. The molecule has 0 amide bonds. The number of carbonyl (C=O) groups excluding carboxylic acids is 1. The number of aliphatic hydroxyl groups excluding tert-OH is 1. The van der Waals surface area contributed by atoms with E-state index in [1.165, 1.54) is 0 Å². The average Bonchev–Trinajstić information content (AvgIpc) is 2.00. The van der Waals surface area contributed by atoms with Crippen molar-refractivity contribution in [3.05, 3.63) is 0 Å². The van der Waals surface area contributed by atoms with E-state index in [4.69, 9.17) is 0 Å². The molecule has 11 heavy (non-hydrogen) atoms. The Bertz CT molecular complexity index is 130. The maximum absolute atomic E-state index is 11.2. The second-order valence-electron chi connectivity index (χ2n) is 3.39. The Labute approximate surface area is 68.6 Å². The Hall–Kier alpha value is -0.370. The van der Waals surface area contributed by atoms with Gasteiger partial charge >= 0.3 is 0 Å². The molecule has 0 aliphatic carbocycles. The minimum Gasteiger partial charge on any atom is -0.385 e. The van der Waals surface area contributed by atoms with E-state index in [0.717, 1.165) is 6.42 Å². The van der Waals surface area contributed by atoms with Crippen molar-refractivity contribution in [2.75, 3.05) is 0 Å². The maximum Gasteiger partial charge on any atom is 0.164 e. The maximum atomic E-state index is 11.2. The molecule has 0 aliphatic heterocycles. The first-order chi connectivity index (χ1) is 5.00. The highest BCUT2D eigenvalue weighted by Gasteiger charge is 2.22. The van der Waals surface area contributed by atoms with Crippen LogP contribution in [0.2, 0.25) is 0 Å². The molecule has 0 radical (unpaired) electrons. The van der Waals surface area contributed by atoms with E-state index in [-0.39, 0.29) is 17.6 Å². The van der Waals surface area contributed by atoms with E-state index >= 15 is 0 Å². The first-order valence-corrected chi connectivity index (χ1v) is 4.22. The summed E-state index contributed by atoms with van der Waals surface area (Å²) in [6, 6.07) is 0. The third kappa shape index (κ3) is 3.02. The molecule has 0 heterocycles. The Morgan fingerprint density at radius 2 is 1.82 bits per heavy atom. The SMILES string of the molecule is CCC(C)[C@@H](O)C(=O)C(C)C. The summed E-state index contributed by atoms with van der Waals surface area (Å²) in [4.78, 5) is 11.2. The summed E-state index contributed by atoms with van der Waals surface area (Å²) in [6.45, 7) is 7.49. The topological polar surface area (TPSA) is 37.3 Å². The molecule has 2 nitrogen and oxygen atoms in total. The van der Waals surface area contributed by atoms with Crippen LogP contribution in [-0.4, -0.2) is 17.0 Å². The zero-order valence-electron chi connectivity index (χ0n) is 7.79. The van der Waals surface area contributed by atoms with Crippen molar-refractivity contribution in [1.82, 2.24) is 0 Å². The lowest BCUT2D eigenvalue weighted by molar-refractivity contribution is -0.132. The normalized spacial score (nSPS) is 16.5. The molecule has 0 saturated carbocycles. The predicted molar refractivity (Wildman–Crippen MR) is 45.3 cm³/mol. The van der Waals surface area contributed by atoms with Crippen LogP contribution in [-0.2, 0) is 4.79 Å². The minimum atomic E-state index is -0.764. The van der Waals surface area contributed by atoms with Crippen LogP contribution in [0.3, 0.4) is 0 Å². The number of rotatable bonds is 4. The summed E-state index contributed by atoms with van der Waals surface area (Å²) >= 11 is 0. The van der Waals surface area contributed by atoms with Gasteiger partial charge in [0.2, 0.25) is 0 Å². The number of Topliss-reactive ketones (excluding diaryl/α,β-unsaturated/α-hetero) is 1. The zero-order chi connectivity index (χ0) is 9.02. The Kier molecular flexibility index (Phi) is 4.34. The summed E-state index contributed by atoms with van der Waals surface area (Å²) in [5, 5.41) is 9.41. The van der Waals surface area contributed by atoms with E-state index < -0.39 is 6.10 Å². The molecule has 66 valence electrons. The second kappa shape index (κ2) is 4.50. The molecule has 2 heteroatoms. The Morgan fingerprint density at radius 3 is 2.09 bits per heavy atom. The standard InChI is InChI=1S/C9H18O2/c1-5-7(4)9(11)8(10)6(2)3/h6-7,9,11H,5H2,1-4H3/t7?,9-/m1/s1. The van der Waals surface area contributed by atoms with Crippen molar-refractivity contribution < 1.29 is 9.90 Å². The fourth-order valence-corrected chi connectivity index (χ4v) is 0.845. The second-order valence-corrected chi connectivity index (χ2v) is 3.39. The molecule has 0 saturated heterocycles. The van der Waals surface area contributed by atoms with Crippen LogP contribution in [0.25, 0.3) is 0 Å². The highest BCUT2D eigenvalue weighted by molar-refractivity contribution is 5.84. The number of carbonyl (C=O) groups is 1. The molecular formula is C9H18O2. The van der Waals surface area contributed by atoms with Gasteiger partial charge in [-0.1, -0.05) is 34.1 Å². The van der Waals surface area contributed by atoms with E-state index in [9.17, 15) is 9.90 Å². The van der Waals surface area contributed by atoms with Gasteiger partial charge in [0.1, 0.15) is 6.10 Å². The summed E-state index contributed by atoms with van der Waals surface area (Å²) in [5.74, 6) is -0.0109. The number of ketones is 1. The van der Waals surface area contributed by atoms with Crippen LogP contribution in [0.1, 0.15) is 34.1 Å². The highest BCUT2D eigenvalue weighted by atomic mass is 16.3. The third-order valence-electron chi connectivity index (χ3n) is 2.04. The van der Waals surface area contributed by atoms with Gasteiger partial charge in [-0.05, 0) is 5.92 Å². The van der Waals surface area contributed by atoms with Crippen LogP contribution >= 0.6 is 0 Å². The van der Waals surface area contributed by atoms with Gasteiger partial charge in [0.15, 0.2) is 5.78 Å². The van der Waals surface area contributed by atoms with E-state index in [0.29, 0.717) is 0 Å². The summed E-state index contributed by atoms with van der Waals surface area (Å²) in [5.41, 5.74) is 0. The first kappa shape index (κ1) is 10.6. The molecule has 1 unspecified atom stereocenters. The molecule has 0 spiro atoms.